The number of aromatic nitrogens is 1. The summed E-state index contributed by atoms with van der Waals surface area (Å²) in [6.45, 7) is 2.86. The molecule has 6 heteroatoms. The van der Waals surface area contributed by atoms with Gasteiger partial charge in [0.2, 0.25) is 11.8 Å². The average Bonchev–Trinajstić information content (AvgIpc) is 3.01. The smallest absolute Gasteiger partial charge is 0.246 e. The molecule has 2 unspecified atom stereocenters. The predicted molar refractivity (Wildman–Crippen MR) is 67.0 cm³/mol. The summed E-state index contributed by atoms with van der Waals surface area (Å²) in [7, 11) is 0. The molecule has 0 aliphatic carbocycles. The van der Waals surface area contributed by atoms with Crippen molar-refractivity contribution in [3.63, 3.8) is 0 Å². The maximum absolute atomic E-state index is 12.4. The molecule has 5 nitrogen and oxygen atoms in total. The molecule has 96 valence electrons. The monoisotopic (exact) mass is 265 g/mol. The van der Waals surface area contributed by atoms with Crippen LogP contribution in [0.15, 0.2) is 11.6 Å². The second-order valence-corrected chi connectivity index (χ2v) is 5.68. The van der Waals surface area contributed by atoms with Gasteiger partial charge in [0.05, 0.1) is 6.04 Å². The molecule has 2 aliphatic rings. The number of amides is 2. The van der Waals surface area contributed by atoms with E-state index in [0.717, 1.165) is 24.4 Å². The van der Waals surface area contributed by atoms with E-state index < -0.39 is 0 Å². The molecule has 0 aromatic carbocycles. The number of rotatable bonds is 2. The number of nitrogens with zero attached hydrogens (tertiary/aromatic N) is 3. The van der Waals surface area contributed by atoms with Gasteiger partial charge in [-0.1, -0.05) is 0 Å². The lowest BCUT2D eigenvalue weighted by atomic mass is 10.1. The first-order valence-corrected chi connectivity index (χ1v) is 7.06. The number of hydrogen-bond donors (Lipinski definition) is 0. The first-order valence-electron chi connectivity index (χ1n) is 6.18. The summed E-state index contributed by atoms with van der Waals surface area (Å²) in [6, 6.07) is -0.335. The van der Waals surface area contributed by atoms with Gasteiger partial charge in [-0.15, -0.1) is 11.3 Å². The van der Waals surface area contributed by atoms with Crippen LogP contribution in [0, 0.1) is 0 Å². The van der Waals surface area contributed by atoms with E-state index in [9.17, 15) is 9.59 Å². The molecule has 0 saturated carbocycles. The summed E-state index contributed by atoms with van der Waals surface area (Å²) in [5, 5.41) is 2.78. The number of fused-ring (bicyclic) bond motifs is 1. The predicted octanol–water partition coefficient (Wildman–Crippen LogP) is 1.04. The highest BCUT2D eigenvalue weighted by atomic mass is 32.1. The molecule has 2 amide bonds. The van der Waals surface area contributed by atoms with E-state index in [0.29, 0.717) is 0 Å². The van der Waals surface area contributed by atoms with Crippen molar-refractivity contribution in [1.29, 1.82) is 0 Å². The van der Waals surface area contributed by atoms with Gasteiger partial charge in [0.25, 0.3) is 0 Å². The zero-order chi connectivity index (χ0) is 12.7. The Bertz CT molecular complexity index is 474. The minimum atomic E-state index is -0.228. The Kier molecular flexibility index (Phi) is 2.81. The SMILES string of the molecule is CC(c1nccs1)N1CC(=O)N2CCCC2C1=O. The molecule has 2 fully saturated rings. The lowest BCUT2D eigenvalue weighted by Crippen LogP contribution is -2.57. The molecule has 1 aromatic heterocycles. The highest BCUT2D eigenvalue weighted by Crippen LogP contribution is 2.30. The fraction of sp³-hybridized carbons (Fsp3) is 0.583. The lowest BCUT2D eigenvalue weighted by molar-refractivity contribution is -0.155. The fourth-order valence-electron chi connectivity index (χ4n) is 2.73. The van der Waals surface area contributed by atoms with Crippen LogP contribution < -0.4 is 0 Å². The molecule has 3 rings (SSSR count). The Balaban J connectivity index is 1.84. The van der Waals surface area contributed by atoms with Crippen LogP contribution in [0.1, 0.15) is 30.8 Å². The highest BCUT2D eigenvalue weighted by molar-refractivity contribution is 7.09. The van der Waals surface area contributed by atoms with Gasteiger partial charge in [0.15, 0.2) is 0 Å². The van der Waals surface area contributed by atoms with E-state index in [-0.39, 0.29) is 30.4 Å². The zero-order valence-electron chi connectivity index (χ0n) is 10.2. The van der Waals surface area contributed by atoms with Gasteiger partial charge in [-0.2, -0.15) is 0 Å². The van der Waals surface area contributed by atoms with Crippen LogP contribution >= 0.6 is 11.3 Å². The van der Waals surface area contributed by atoms with Gasteiger partial charge in [-0.05, 0) is 19.8 Å². The molecule has 2 atom stereocenters. The molecule has 1 aromatic rings. The summed E-state index contributed by atoms with van der Waals surface area (Å²) in [6.07, 6.45) is 3.46. The Morgan fingerprint density at radius 3 is 3.06 bits per heavy atom. The number of carbonyl (C=O) groups is 2. The topological polar surface area (TPSA) is 53.5 Å². The van der Waals surface area contributed by atoms with Crippen molar-refractivity contribution in [1.82, 2.24) is 14.8 Å². The van der Waals surface area contributed by atoms with Crippen molar-refractivity contribution >= 4 is 23.2 Å². The second kappa shape index (κ2) is 4.35. The van der Waals surface area contributed by atoms with Crippen LogP contribution in [-0.2, 0) is 9.59 Å². The maximum Gasteiger partial charge on any atom is 0.246 e. The molecule has 18 heavy (non-hydrogen) atoms. The molecular weight excluding hydrogens is 250 g/mol. The molecule has 2 saturated heterocycles. The molecule has 0 radical (unpaired) electrons. The van der Waals surface area contributed by atoms with Gasteiger partial charge in [-0.25, -0.2) is 4.98 Å². The van der Waals surface area contributed by atoms with E-state index in [4.69, 9.17) is 0 Å². The van der Waals surface area contributed by atoms with Crippen LogP contribution in [0.25, 0.3) is 0 Å². The standard InChI is InChI=1S/C12H15N3O2S/c1-8(11-13-4-6-18-11)15-7-10(16)14-5-2-3-9(14)12(15)17/h4,6,8-9H,2-3,5,7H2,1H3. The Labute approximate surface area is 109 Å². The van der Waals surface area contributed by atoms with E-state index in [2.05, 4.69) is 4.98 Å². The third-order valence-electron chi connectivity index (χ3n) is 3.72. The number of piperazine rings is 1. The van der Waals surface area contributed by atoms with E-state index in [1.54, 1.807) is 16.0 Å². The molecule has 0 N–H and O–H groups in total. The molecule has 0 bridgehead atoms. The summed E-state index contributed by atoms with van der Waals surface area (Å²) < 4.78 is 0. The molecular formula is C12H15N3O2S. The van der Waals surface area contributed by atoms with Crippen LogP contribution in [0.4, 0.5) is 0 Å². The number of hydrogen-bond acceptors (Lipinski definition) is 4. The van der Waals surface area contributed by atoms with Crippen LogP contribution in [-0.4, -0.2) is 45.7 Å². The zero-order valence-corrected chi connectivity index (χ0v) is 11.0. The average molecular weight is 265 g/mol. The minimum Gasteiger partial charge on any atom is -0.329 e. The third-order valence-corrected chi connectivity index (χ3v) is 4.67. The van der Waals surface area contributed by atoms with Crippen LogP contribution in [0.3, 0.4) is 0 Å². The van der Waals surface area contributed by atoms with E-state index in [1.807, 2.05) is 12.3 Å². The second-order valence-electron chi connectivity index (χ2n) is 4.76. The third kappa shape index (κ3) is 1.71. The van der Waals surface area contributed by atoms with Gasteiger partial charge in [-0.3, -0.25) is 9.59 Å². The Morgan fingerprint density at radius 1 is 1.50 bits per heavy atom. The van der Waals surface area contributed by atoms with Crippen molar-refractivity contribution in [3.8, 4) is 0 Å². The van der Waals surface area contributed by atoms with E-state index in [1.165, 1.54) is 11.3 Å². The van der Waals surface area contributed by atoms with Gasteiger partial charge in [0, 0.05) is 18.1 Å². The van der Waals surface area contributed by atoms with Crippen molar-refractivity contribution in [2.24, 2.45) is 0 Å². The molecule has 0 spiro atoms. The first kappa shape index (κ1) is 11.6. The Morgan fingerprint density at radius 2 is 2.33 bits per heavy atom. The van der Waals surface area contributed by atoms with Crippen LogP contribution in [0.2, 0.25) is 0 Å². The van der Waals surface area contributed by atoms with Crippen LogP contribution in [0.5, 0.6) is 0 Å². The fourth-order valence-corrected chi connectivity index (χ4v) is 3.44. The molecule has 3 heterocycles. The first-order chi connectivity index (χ1) is 8.68. The van der Waals surface area contributed by atoms with Gasteiger partial charge < -0.3 is 9.80 Å². The van der Waals surface area contributed by atoms with Crippen molar-refractivity contribution in [2.75, 3.05) is 13.1 Å². The van der Waals surface area contributed by atoms with Crippen molar-refractivity contribution < 1.29 is 9.59 Å². The summed E-state index contributed by atoms with van der Waals surface area (Å²) in [4.78, 5) is 32.1. The van der Waals surface area contributed by atoms with Crippen molar-refractivity contribution in [2.45, 2.75) is 31.8 Å². The quantitative estimate of drug-likeness (QED) is 0.803. The highest BCUT2D eigenvalue weighted by Gasteiger charge is 2.43. The normalized spacial score (nSPS) is 25.5. The summed E-state index contributed by atoms with van der Waals surface area (Å²) >= 11 is 1.52. The van der Waals surface area contributed by atoms with Gasteiger partial charge >= 0.3 is 0 Å². The van der Waals surface area contributed by atoms with Gasteiger partial charge in [0.1, 0.15) is 17.6 Å². The lowest BCUT2D eigenvalue weighted by Gasteiger charge is -2.38. The van der Waals surface area contributed by atoms with E-state index >= 15 is 0 Å². The summed E-state index contributed by atoms with van der Waals surface area (Å²) in [5.74, 6) is 0.148. The van der Waals surface area contributed by atoms with Crippen molar-refractivity contribution in [3.05, 3.63) is 16.6 Å². The number of thiazole rings is 1. The minimum absolute atomic E-state index is 0.0699. The largest absolute Gasteiger partial charge is 0.329 e. The molecule has 2 aliphatic heterocycles. The maximum atomic E-state index is 12.4. The Hall–Kier alpha value is -1.43. The number of carbonyl (C=O) groups excluding carboxylic acids is 2. The summed E-state index contributed by atoms with van der Waals surface area (Å²) in [5.41, 5.74) is 0.